The van der Waals surface area contributed by atoms with E-state index in [1.165, 1.54) is 18.3 Å². The Morgan fingerprint density at radius 2 is 2.04 bits per heavy atom. The molecule has 0 amide bonds. The molecule has 0 radical (unpaired) electrons. The summed E-state index contributed by atoms with van der Waals surface area (Å²) in [7, 11) is -4.04. The number of primary sulfonamides is 1. The van der Waals surface area contributed by atoms with E-state index in [0.717, 1.165) is 12.1 Å². The Labute approximate surface area is 135 Å². The number of carbonyl (C=O) groups excluding carboxylic acids is 1. The van der Waals surface area contributed by atoms with Gasteiger partial charge in [0, 0.05) is 17.1 Å². The highest BCUT2D eigenvalue weighted by Crippen LogP contribution is 2.21. The first kappa shape index (κ1) is 16.1. The summed E-state index contributed by atoms with van der Waals surface area (Å²) < 4.78 is 45.8. The summed E-state index contributed by atoms with van der Waals surface area (Å²) in [6.45, 7) is -0.183. The molecule has 0 unspecified atom stereocenters. The van der Waals surface area contributed by atoms with Crippen LogP contribution < -0.4 is 5.14 Å². The third kappa shape index (κ3) is 3.12. The van der Waals surface area contributed by atoms with Crippen molar-refractivity contribution in [2.45, 2.75) is 11.7 Å². The van der Waals surface area contributed by atoms with E-state index in [1.54, 1.807) is 12.1 Å². The first-order valence-corrected chi connectivity index (χ1v) is 8.23. The molecule has 9 heteroatoms. The van der Waals surface area contributed by atoms with Crippen molar-refractivity contribution in [3.63, 3.8) is 0 Å². The molecule has 7 nitrogen and oxygen atoms in total. The van der Waals surface area contributed by atoms with Crippen molar-refractivity contribution in [2.75, 3.05) is 0 Å². The van der Waals surface area contributed by atoms with Crippen LogP contribution in [-0.2, 0) is 21.4 Å². The summed E-state index contributed by atoms with van der Waals surface area (Å²) in [5.74, 6) is -1.62. The van der Waals surface area contributed by atoms with Crippen LogP contribution in [0.1, 0.15) is 16.1 Å². The second-order valence-electron chi connectivity index (χ2n) is 4.85. The monoisotopic (exact) mass is 350 g/mol. The molecule has 0 atom stereocenters. The maximum Gasteiger partial charge on any atom is 0.374 e. The minimum atomic E-state index is -4.04. The largest absolute Gasteiger partial charge is 0.455 e. The molecule has 124 valence electrons. The molecule has 3 rings (SSSR count). The molecule has 0 spiro atoms. The molecule has 0 bridgehead atoms. The van der Waals surface area contributed by atoms with E-state index in [0.29, 0.717) is 16.5 Å². The number of furan rings is 1. The predicted octanol–water partition coefficient (Wildman–Crippen LogP) is 1.97. The average molecular weight is 350 g/mol. The number of hydrogen-bond acceptors (Lipinski definition) is 6. The van der Waals surface area contributed by atoms with Gasteiger partial charge in [0.15, 0.2) is 0 Å². The number of carbonyl (C=O) groups is 1. The van der Waals surface area contributed by atoms with Crippen LogP contribution in [0.3, 0.4) is 0 Å². The normalized spacial score (nSPS) is 11.6. The van der Waals surface area contributed by atoms with Crippen LogP contribution in [0.4, 0.5) is 4.39 Å². The molecular formula is C15H11FN2O5S. The van der Waals surface area contributed by atoms with E-state index >= 15 is 0 Å². The van der Waals surface area contributed by atoms with Crippen LogP contribution in [0.25, 0.3) is 10.9 Å². The zero-order chi connectivity index (χ0) is 17.3. The molecule has 0 aliphatic heterocycles. The highest BCUT2D eigenvalue weighted by Gasteiger charge is 2.19. The van der Waals surface area contributed by atoms with Crippen LogP contribution in [0.15, 0.2) is 52.1 Å². The number of nitrogens with zero attached hydrogens (tertiary/aromatic N) is 1. The van der Waals surface area contributed by atoms with Crippen molar-refractivity contribution in [3.8, 4) is 0 Å². The minimum Gasteiger partial charge on any atom is -0.455 e. The van der Waals surface area contributed by atoms with Gasteiger partial charge >= 0.3 is 5.97 Å². The lowest BCUT2D eigenvalue weighted by Gasteiger charge is -2.07. The lowest BCUT2D eigenvalue weighted by molar-refractivity contribution is 0.0431. The van der Waals surface area contributed by atoms with Gasteiger partial charge in [-0.2, -0.15) is 0 Å². The SMILES string of the molecule is NS(=O)(=O)c1ccc(C(=O)OCc2ccc(F)c3cccnc23)o1. The highest BCUT2D eigenvalue weighted by atomic mass is 32.2. The molecule has 2 aromatic heterocycles. The van der Waals surface area contributed by atoms with Crippen molar-refractivity contribution >= 4 is 26.9 Å². The second-order valence-corrected chi connectivity index (χ2v) is 6.34. The Hall–Kier alpha value is -2.78. The standard InChI is InChI=1S/C15H11FN2O5S/c16-11-4-3-9(14-10(11)2-1-7-18-14)8-22-15(19)12-5-6-13(23-12)24(17,20)21/h1-7H,8H2,(H2,17,20,21). The topological polar surface area (TPSA) is 112 Å². The number of sulfonamides is 1. The molecule has 0 aliphatic carbocycles. The fourth-order valence-electron chi connectivity index (χ4n) is 2.11. The maximum atomic E-state index is 13.7. The third-order valence-corrected chi connectivity index (χ3v) is 4.00. The Morgan fingerprint density at radius 1 is 1.25 bits per heavy atom. The molecule has 0 fully saturated rings. The van der Waals surface area contributed by atoms with Crippen LogP contribution in [-0.4, -0.2) is 19.4 Å². The lowest BCUT2D eigenvalue weighted by Crippen LogP contribution is -2.11. The Balaban J connectivity index is 1.80. The minimum absolute atomic E-state index is 0.183. The van der Waals surface area contributed by atoms with Gasteiger partial charge in [0.1, 0.15) is 12.4 Å². The van der Waals surface area contributed by atoms with Gasteiger partial charge in [-0.25, -0.2) is 22.7 Å². The van der Waals surface area contributed by atoms with Gasteiger partial charge in [0.05, 0.1) is 5.52 Å². The quantitative estimate of drug-likeness (QED) is 0.720. The fraction of sp³-hybridized carbons (Fsp3) is 0.0667. The first-order chi connectivity index (χ1) is 11.4. The van der Waals surface area contributed by atoms with Gasteiger partial charge in [-0.1, -0.05) is 6.07 Å². The molecule has 0 saturated heterocycles. The molecule has 2 N–H and O–H groups in total. The van der Waals surface area contributed by atoms with Gasteiger partial charge < -0.3 is 9.15 Å². The van der Waals surface area contributed by atoms with Gasteiger partial charge in [-0.15, -0.1) is 0 Å². The van der Waals surface area contributed by atoms with Crippen molar-refractivity contribution in [2.24, 2.45) is 5.14 Å². The number of fused-ring (bicyclic) bond motifs is 1. The number of hydrogen-bond donors (Lipinski definition) is 1. The number of aromatic nitrogens is 1. The van der Waals surface area contributed by atoms with E-state index in [1.807, 2.05) is 0 Å². The van der Waals surface area contributed by atoms with E-state index in [9.17, 15) is 17.6 Å². The molecule has 2 heterocycles. The summed E-state index contributed by atoms with van der Waals surface area (Å²) in [6.07, 6.45) is 1.50. The summed E-state index contributed by atoms with van der Waals surface area (Å²) >= 11 is 0. The van der Waals surface area contributed by atoms with E-state index in [2.05, 4.69) is 4.98 Å². The number of halogens is 1. The van der Waals surface area contributed by atoms with Crippen LogP contribution in [0, 0.1) is 5.82 Å². The van der Waals surface area contributed by atoms with Crippen LogP contribution in [0.2, 0.25) is 0 Å². The molecule has 0 saturated carbocycles. The first-order valence-electron chi connectivity index (χ1n) is 6.68. The van der Waals surface area contributed by atoms with E-state index in [4.69, 9.17) is 14.3 Å². The van der Waals surface area contributed by atoms with Crippen molar-refractivity contribution in [1.29, 1.82) is 0 Å². The smallest absolute Gasteiger partial charge is 0.374 e. The van der Waals surface area contributed by atoms with Crippen LogP contribution in [0.5, 0.6) is 0 Å². The molecule has 0 aliphatic rings. The Morgan fingerprint density at radius 3 is 2.75 bits per heavy atom. The van der Waals surface area contributed by atoms with Gasteiger partial charge in [0.25, 0.3) is 10.0 Å². The number of nitrogens with two attached hydrogens (primary N) is 1. The molecular weight excluding hydrogens is 339 g/mol. The van der Waals surface area contributed by atoms with Crippen molar-refractivity contribution in [3.05, 3.63) is 59.7 Å². The Bertz CT molecular complexity index is 1030. The number of ether oxygens (including phenoxy) is 1. The van der Waals surface area contributed by atoms with Crippen LogP contribution >= 0.6 is 0 Å². The fourth-order valence-corrected chi connectivity index (χ4v) is 2.57. The average Bonchev–Trinajstić information content (AvgIpc) is 3.05. The summed E-state index contributed by atoms with van der Waals surface area (Å²) in [6, 6.07) is 8.06. The number of esters is 1. The zero-order valence-electron chi connectivity index (χ0n) is 12.1. The maximum absolute atomic E-state index is 13.7. The predicted molar refractivity (Wildman–Crippen MR) is 80.9 cm³/mol. The number of rotatable bonds is 4. The van der Waals surface area contributed by atoms with Gasteiger partial charge in [-0.3, -0.25) is 4.98 Å². The lowest BCUT2D eigenvalue weighted by atomic mass is 10.1. The van der Waals surface area contributed by atoms with Crippen molar-refractivity contribution in [1.82, 2.24) is 4.98 Å². The highest BCUT2D eigenvalue weighted by molar-refractivity contribution is 7.89. The number of benzene rings is 1. The molecule has 24 heavy (non-hydrogen) atoms. The van der Waals surface area contributed by atoms with E-state index in [-0.39, 0.29) is 12.4 Å². The summed E-state index contributed by atoms with van der Waals surface area (Å²) in [5, 5.41) is 4.66. The molecule has 3 aromatic rings. The number of pyridine rings is 1. The van der Waals surface area contributed by atoms with Gasteiger partial charge in [0.2, 0.25) is 10.9 Å². The summed E-state index contributed by atoms with van der Waals surface area (Å²) in [4.78, 5) is 16.0. The van der Waals surface area contributed by atoms with Crippen molar-refractivity contribution < 1.29 is 26.8 Å². The zero-order valence-corrected chi connectivity index (χ0v) is 12.9. The van der Waals surface area contributed by atoms with Gasteiger partial charge in [-0.05, 0) is 30.3 Å². The second kappa shape index (κ2) is 6.02. The third-order valence-electron chi connectivity index (χ3n) is 3.22. The Kier molecular flexibility index (Phi) is 4.04. The summed E-state index contributed by atoms with van der Waals surface area (Å²) in [5.41, 5.74) is 0.869. The molecule has 1 aromatic carbocycles. The van der Waals surface area contributed by atoms with E-state index < -0.39 is 26.9 Å².